The van der Waals surface area contributed by atoms with E-state index in [1.807, 2.05) is 30.8 Å². The van der Waals surface area contributed by atoms with Gasteiger partial charge in [0, 0.05) is 31.9 Å². The van der Waals surface area contributed by atoms with Crippen molar-refractivity contribution >= 4 is 11.6 Å². The number of ether oxygens (including phenoxy) is 1. The molecule has 0 amide bonds. The molecule has 0 saturated heterocycles. The zero-order chi connectivity index (χ0) is 14.5. The monoisotopic (exact) mass is 294 g/mol. The molecule has 0 aromatic carbocycles. The van der Waals surface area contributed by atoms with Crippen molar-refractivity contribution in [3.63, 3.8) is 0 Å². The van der Waals surface area contributed by atoms with Crippen LogP contribution in [-0.2, 0) is 26.6 Å². The average Bonchev–Trinajstić information content (AvgIpc) is 2.75. The molecule has 5 nitrogen and oxygen atoms in total. The van der Waals surface area contributed by atoms with Gasteiger partial charge in [0.15, 0.2) is 0 Å². The number of hydrogen-bond acceptors (Lipinski definition) is 4. The summed E-state index contributed by atoms with van der Waals surface area (Å²) in [6, 6.07) is 3.88. The highest BCUT2D eigenvalue weighted by Gasteiger charge is 2.12. The molecule has 6 heteroatoms. The molecule has 0 spiro atoms. The van der Waals surface area contributed by atoms with Gasteiger partial charge in [-0.05, 0) is 12.5 Å². The van der Waals surface area contributed by atoms with E-state index in [1.165, 1.54) is 0 Å². The summed E-state index contributed by atoms with van der Waals surface area (Å²) in [4.78, 5) is 4.17. The Balaban J connectivity index is 2.01. The standard InChI is InChI=1S/C14H19ClN4O/c1-4-11-13(15)12(19(2)18-11)9-16-8-10-6-5-7-17-14(10)20-3/h5-7,16H,4,8-9H2,1-3H3. The number of aromatic nitrogens is 3. The SMILES string of the molecule is CCc1nn(C)c(CNCc2cccnc2OC)c1Cl. The van der Waals surface area contributed by atoms with Crippen molar-refractivity contribution in [2.24, 2.45) is 7.05 Å². The predicted molar refractivity (Wildman–Crippen MR) is 78.9 cm³/mol. The van der Waals surface area contributed by atoms with Crippen LogP contribution in [0, 0.1) is 0 Å². The number of rotatable bonds is 6. The molecule has 108 valence electrons. The lowest BCUT2D eigenvalue weighted by molar-refractivity contribution is 0.390. The molecule has 2 rings (SSSR count). The Morgan fingerprint density at radius 3 is 2.85 bits per heavy atom. The van der Waals surface area contributed by atoms with Crippen LogP contribution in [0.2, 0.25) is 5.02 Å². The smallest absolute Gasteiger partial charge is 0.217 e. The highest BCUT2D eigenvalue weighted by atomic mass is 35.5. The molecule has 1 N–H and O–H groups in total. The van der Waals surface area contributed by atoms with Crippen molar-refractivity contribution in [3.8, 4) is 5.88 Å². The van der Waals surface area contributed by atoms with E-state index in [1.54, 1.807) is 13.3 Å². The molecular formula is C14H19ClN4O. The van der Waals surface area contributed by atoms with Gasteiger partial charge in [0.05, 0.1) is 23.5 Å². The average molecular weight is 295 g/mol. The van der Waals surface area contributed by atoms with Crippen LogP contribution in [0.15, 0.2) is 18.3 Å². The quantitative estimate of drug-likeness (QED) is 0.888. The lowest BCUT2D eigenvalue weighted by atomic mass is 10.2. The van der Waals surface area contributed by atoms with Gasteiger partial charge in [-0.3, -0.25) is 4.68 Å². The van der Waals surface area contributed by atoms with E-state index in [-0.39, 0.29) is 0 Å². The van der Waals surface area contributed by atoms with E-state index in [9.17, 15) is 0 Å². The van der Waals surface area contributed by atoms with Crippen LogP contribution in [-0.4, -0.2) is 21.9 Å². The summed E-state index contributed by atoms with van der Waals surface area (Å²) in [6.45, 7) is 3.37. The molecule has 0 atom stereocenters. The number of pyridine rings is 1. The summed E-state index contributed by atoms with van der Waals surface area (Å²) in [7, 11) is 3.53. The van der Waals surface area contributed by atoms with Gasteiger partial charge in [-0.15, -0.1) is 0 Å². The Kier molecular flexibility index (Phi) is 4.98. The summed E-state index contributed by atoms with van der Waals surface area (Å²) < 4.78 is 7.05. The molecule has 2 aromatic heterocycles. The number of halogens is 1. The second-order valence-electron chi connectivity index (χ2n) is 4.46. The Morgan fingerprint density at radius 2 is 2.20 bits per heavy atom. The number of nitrogens with one attached hydrogen (secondary N) is 1. The Morgan fingerprint density at radius 1 is 1.40 bits per heavy atom. The summed E-state index contributed by atoms with van der Waals surface area (Å²) in [5.41, 5.74) is 2.94. The molecule has 2 heterocycles. The van der Waals surface area contributed by atoms with Gasteiger partial charge in [0.2, 0.25) is 5.88 Å². The van der Waals surface area contributed by atoms with E-state index in [0.29, 0.717) is 19.0 Å². The number of nitrogens with zero attached hydrogens (tertiary/aromatic N) is 3. The minimum atomic E-state index is 0.644. The first-order valence-corrected chi connectivity index (χ1v) is 6.94. The molecule has 0 saturated carbocycles. The van der Waals surface area contributed by atoms with E-state index in [0.717, 1.165) is 28.4 Å². The lowest BCUT2D eigenvalue weighted by Crippen LogP contribution is -2.16. The zero-order valence-corrected chi connectivity index (χ0v) is 12.7. The van der Waals surface area contributed by atoms with Crippen molar-refractivity contribution in [3.05, 3.63) is 40.3 Å². The predicted octanol–water partition coefficient (Wildman–Crippen LogP) is 2.33. The first-order valence-electron chi connectivity index (χ1n) is 6.56. The van der Waals surface area contributed by atoms with Crippen LogP contribution in [0.4, 0.5) is 0 Å². The van der Waals surface area contributed by atoms with Crippen molar-refractivity contribution in [1.82, 2.24) is 20.1 Å². The van der Waals surface area contributed by atoms with Crippen molar-refractivity contribution in [2.75, 3.05) is 7.11 Å². The third kappa shape index (κ3) is 3.11. The molecule has 2 aromatic rings. The molecular weight excluding hydrogens is 276 g/mol. The summed E-state index contributed by atoms with van der Waals surface area (Å²) >= 11 is 6.31. The fraction of sp³-hybridized carbons (Fsp3) is 0.429. The molecule has 0 radical (unpaired) electrons. The topological polar surface area (TPSA) is 52.0 Å². The largest absolute Gasteiger partial charge is 0.481 e. The lowest BCUT2D eigenvalue weighted by Gasteiger charge is -2.08. The fourth-order valence-corrected chi connectivity index (χ4v) is 2.43. The molecule has 0 fully saturated rings. The van der Waals surface area contributed by atoms with Gasteiger partial charge in [-0.1, -0.05) is 24.6 Å². The van der Waals surface area contributed by atoms with Gasteiger partial charge in [0.25, 0.3) is 0 Å². The maximum absolute atomic E-state index is 6.31. The minimum Gasteiger partial charge on any atom is -0.481 e. The minimum absolute atomic E-state index is 0.644. The van der Waals surface area contributed by atoms with Crippen LogP contribution < -0.4 is 10.1 Å². The number of methoxy groups -OCH3 is 1. The number of aryl methyl sites for hydroxylation is 2. The second-order valence-corrected chi connectivity index (χ2v) is 4.84. The summed E-state index contributed by atoms with van der Waals surface area (Å²) in [6.07, 6.45) is 2.55. The van der Waals surface area contributed by atoms with E-state index in [2.05, 4.69) is 15.4 Å². The van der Waals surface area contributed by atoms with Gasteiger partial charge >= 0.3 is 0 Å². The number of hydrogen-bond donors (Lipinski definition) is 1. The van der Waals surface area contributed by atoms with Crippen molar-refractivity contribution < 1.29 is 4.74 Å². The van der Waals surface area contributed by atoms with E-state index < -0.39 is 0 Å². The van der Waals surface area contributed by atoms with Gasteiger partial charge < -0.3 is 10.1 Å². The van der Waals surface area contributed by atoms with Crippen LogP contribution in [0.3, 0.4) is 0 Å². The van der Waals surface area contributed by atoms with E-state index >= 15 is 0 Å². The van der Waals surface area contributed by atoms with E-state index in [4.69, 9.17) is 16.3 Å². The van der Waals surface area contributed by atoms with Crippen LogP contribution >= 0.6 is 11.6 Å². The molecule has 20 heavy (non-hydrogen) atoms. The van der Waals surface area contributed by atoms with Crippen LogP contribution in [0.1, 0.15) is 23.9 Å². The Bertz CT molecular complexity index is 583. The normalized spacial score (nSPS) is 10.8. The molecule has 0 bridgehead atoms. The first kappa shape index (κ1) is 14.8. The summed E-state index contributed by atoms with van der Waals surface area (Å²) in [5, 5.41) is 8.49. The maximum atomic E-state index is 6.31. The van der Waals surface area contributed by atoms with Crippen molar-refractivity contribution in [1.29, 1.82) is 0 Å². The Labute approximate surface area is 123 Å². The van der Waals surface area contributed by atoms with Crippen LogP contribution in [0.5, 0.6) is 5.88 Å². The molecule has 0 aliphatic rings. The third-order valence-electron chi connectivity index (χ3n) is 3.15. The summed E-state index contributed by atoms with van der Waals surface area (Å²) in [5.74, 6) is 0.644. The first-order chi connectivity index (χ1) is 9.67. The van der Waals surface area contributed by atoms with Crippen LogP contribution in [0.25, 0.3) is 0 Å². The molecule has 0 aliphatic heterocycles. The molecule has 0 aliphatic carbocycles. The highest BCUT2D eigenvalue weighted by Crippen LogP contribution is 2.21. The highest BCUT2D eigenvalue weighted by molar-refractivity contribution is 6.31. The third-order valence-corrected chi connectivity index (χ3v) is 3.59. The van der Waals surface area contributed by atoms with Crippen molar-refractivity contribution in [2.45, 2.75) is 26.4 Å². The Hall–Kier alpha value is -1.59. The molecule has 0 unspecified atom stereocenters. The fourth-order valence-electron chi connectivity index (χ4n) is 2.07. The second kappa shape index (κ2) is 6.72. The maximum Gasteiger partial charge on any atom is 0.217 e. The van der Waals surface area contributed by atoms with Gasteiger partial charge in [-0.25, -0.2) is 4.98 Å². The van der Waals surface area contributed by atoms with Gasteiger partial charge in [-0.2, -0.15) is 5.10 Å². The zero-order valence-electron chi connectivity index (χ0n) is 12.0. The van der Waals surface area contributed by atoms with Gasteiger partial charge in [0.1, 0.15) is 0 Å².